The average molecular weight is 308 g/mol. The fourth-order valence-corrected chi connectivity index (χ4v) is 2.11. The van der Waals surface area contributed by atoms with Crippen LogP contribution < -0.4 is 4.74 Å². The van der Waals surface area contributed by atoms with Crippen LogP contribution in [-0.2, 0) is 0 Å². The fourth-order valence-electron chi connectivity index (χ4n) is 1.88. The Morgan fingerprint density at radius 3 is 2.52 bits per heavy atom. The predicted molar refractivity (Wildman–Crippen MR) is 80.0 cm³/mol. The van der Waals surface area contributed by atoms with Crippen molar-refractivity contribution < 1.29 is 14.8 Å². The van der Waals surface area contributed by atoms with Gasteiger partial charge in [0, 0.05) is 11.6 Å². The number of rotatable bonds is 4. The molecule has 0 heterocycles. The molecule has 0 bridgehead atoms. The zero-order valence-corrected chi connectivity index (χ0v) is 12.3. The van der Waals surface area contributed by atoms with Crippen molar-refractivity contribution in [3.05, 3.63) is 62.7 Å². The van der Waals surface area contributed by atoms with Gasteiger partial charge >= 0.3 is 0 Å². The normalized spacial score (nSPS) is 12.0. The third-order valence-electron chi connectivity index (χ3n) is 3.03. The largest absolute Gasteiger partial charge is 0.456 e. The number of hydrogen-bond acceptors (Lipinski definition) is 4. The number of aryl methyl sites for hydroxylation is 1. The van der Waals surface area contributed by atoms with Crippen molar-refractivity contribution in [2.24, 2.45) is 0 Å². The molecule has 5 nitrogen and oxygen atoms in total. The van der Waals surface area contributed by atoms with Crippen molar-refractivity contribution in [3.8, 4) is 11.5 Å². The second-order valence-corrected chi connectivity index (χ2v) is 5.08. The second-order valence-electron chi connectivity index (χ2n) is 4.67. The van der Waals surface area contributed by atoms with Gasteiger partial charge in [0.25, 0.3) is 5.69 Å². The lowest BCUT2D eigenvalue weighted by molar-refractivity contribution is -0.385. The Balaban J connectivity index is 2.26. The maximum absolute atomic E-state index is 10.8. The second kappa shape index (κ2) is 6.11. The first-order valence-corrected chi connectivity index (χ1v) is 6.66. The van der Waals surface area contributed by atoms with Gasteiger partial charge in [-0.3, -0.25) is 10.1 Å². The monoisotopic (exact) mass is 307 g/mol. The van der Waals surface area contributed by atoms with Crippen LogP contribution in [0.3, 0.4) is 0 Å². The zero-order chi connectivity index (χ0) is 15.6. The lowest BCUT2D eigenvalue weighted by Gasteiger charge is -2.11. The number of nitrogens with zero attached hydrogens (tertiary/aromatic N) is 1. The van der Waals surface area contributed by atoms with E-state index in [4.69, 9.17) is 16.3 Å². The SMILES string of the molecule is Cc1cc(Oc2ccc([C@H](C)O)cc2Cl)ccc1[N+](=O)[O-]. The highest BCUT2D eigenvalue weighted by atomic mass is 35.5. The summed E-state index contributed by atoms with van der Waals surface area (Å²) in [6, 6.07) is 9.48. The van der Waals surface area contributed by atoms with E-state index in [-0.39, 0.29) is 5.69 Å². The molecule has 0 aromatic heterocycles. The number of aliphatic hydroxyl groups is 1. The van der Waals surface area contributed by atoms with Crippen LogP contribution in [0.4, 0.5) is 5.69 Å². The smallest absolute Gasteiger partial charge is 0.272 e. The Hall–Kier alpha value is -2.11. The van der Waals surface area contributed by atoms with E-state index < -0.39 is 11.0 Å². The van der Waals surface area contributed by atoms with Crippen LogP contribution in [0.2, 0.25) is 5.02 Å². The summed E-state index contributed by atoms with van der Waals surface area (Å²) in [6.07, 6.45) is -0.613. The van der Waals surface area contributed by atoms with E-state index in [1.165, 1.54) is 12.1 Å². The highest BCUT2D eigenvalue weighted by Crippen LogP contribution is 2.33. The molecule has 0 unspecified atom stereocenters. The van der Waals surface area contributed by atoms with E-state index in [0.717, 1.165) is 0 Å². The van der Waals surface area contributed by atoms with E-state index in [9.17, 15) is 15.2 Å². The van der Waals surface area contributed by atoms with Crippen LogP contribution >= 0.6 is 11.6 Å². The minimum atomic E-state index is -0.613. The van der Waals surface area contributed by atoms with Gasteiger partial charge in [0.05, 0.1) is 16.0 Å². The van der Waals surface area contributed by atoms with Crippen molar-refractivity contribution in [1.82, 2.24) is 0 Å². The lowest BCUT2D eigenvalue weighted by Crippen LogP contribution is -1.94. The van der Waals surface area contributed by atoms with Gasteiger partial charge in [-0.1, -0.05) is 17.7 Å². The van der Waals surface area contributed by atoms with Gasteiger partial charge in [-0.05, 0) is 43.7 Å². The maximum atomic E-state index is 10.8. The summed E-state index contributed by atoms with van der Waals surface area (Å²) in [5.41, 5.74) is 1.24. The van der Waals surface area contributed by atoms with Gasteiger partial charge < -0.3 is 9.84 Å². The third kappa shape index (κ3) is 3.51. The highest BCUT2D eigenvalue weighted by molar-refractivity contribution is 6.32. The molecule has 2 aromatic carbocycles. The Labute approximate surface area is 126 Å². The van der Waals surface area contributed by atoms with Crippen LogP contribution in [0.1, 0.15) is 24.2 Å². The van der Waals surface area contributed by atoms with E-state index in [2.05, 4.69) is 0 Å². The number of aliphatic hydroxyl groups excluding tert-OH is 1. The highest BCUT2D eigenvalue weighted by Gasteiger charge is 2.12. The summed E-state index contributed by atoms with van der Waals surface area (Å²) < 4.78 is 5.62. The summed E-state index contributed by atoms with van der Waals surface area (Å²) in [7, 11) is 0. The lowest BCUT2D eigenvalue weighted by atomic mass is 10.1. The van der Waals surface area contributed by atoms with E-state index >= 15 is 0 Å². The minimum absolute atomic E-state index is 0.0397. The van der Waals surface area contributed by atoms with Crippen LogP contribution in [0.5, 0.6) is 11.5 Å². The minimum Gasteiger partial charge on any atom is -0.456 e. The van der Waals surface area contributed by atoms with E-state index in [1.807, 2.05) is 0 Å². The molecule has 2 aromatic rings. The molecule has 0 saturated heterocycles. The summed E-state index contributed by atoms with van der Waals surface area (Å²) >= 11 is 6.10. The molecule has 110 valence electrons. The number of benzene rings is 2. The number of halogens is 1. The quantitative estimate of drug-likeness (QED) is 0.671. The van der Waals surface area contributed by atoms with Crippen molar-refractivity contribution >= 4 is 17.3 Å². The van der Waals surface area contributed by atoms with E-state index in [0.29, 0.717) is 27.6 Å². The molecular formula is C15H14ClNO4. The van der Waals surface area contributed by atoms with Crippen molar-refractivity contribution in [2.75, 3.05) is 0 Å². The first kappa shape index (κ1) is 15.3. The summed E-state index contributed by atoms with van der Waals surface area (Å²) in [5, 5.41) is 20.6. The molecule has 0 aliphatic rings. The van der Waals surface area contributed by atoms with Crippen LogP contribution in [0, 0.1) is 17.0 Å². The number of ether oxygens (including phenoxy) is 1. The molecule has 0 radical (unpaired) electrons. The topological polar surface area (TPSA) is 72.6 Å². The van der Waals surface area contributed by atoms with E-state index in [1.54, 1.807) is 38.1 Å². The molecular weight excluding hydrogens is 294 g/mol. The Morgan fingerprint density at radius 1 is 1.29 bits per heavy atom. The zero-order valence-electron chi connectivity index (χ0n) is 11.5. The molecule has 1 N–H and O–H groups in total. The fraction of sp³-hybridized carbons (Fsp3) is 0.200. The molecule has 0 saturated carbocycles. The van der Waals surface area contributed by atoms with Gasteiger partial charge in [-0.15, -0.1) is 0 Å². The standard InChI is InChI=1S/C15H14ClNO4/c1-9-7-12(4-5-14(9)17(19)20)21-15-6-3-11(10(2)18)8-13(15)16/h3-8,10,18H,1-2H3/t10-/m0/s1. The van der Waals surface area contributed by atoms with Crippen molar-refractivity contribution in [1.29, 1.82) is 0 Å². The van der Waals surface area contributed by atoms with Gasteiger partial charge in [0.1, 0.15) is 11.5 Å². The van der Waals surface area contributed by atoms with Gasteiger partial charge in [0.15, 0.2) is 0 Å². The first-order chi connectivity index (χ1) is 9.88. The molecule has 6 heteroatoms. The Morgan fingerprint density at radius 2 is 2.00 bits per heavy atom. The molecule has 0 aliphatic carbocycles. The Kier molecular flexibility index (Phi) is 4.45. The molecule has 0 spiro atoms. The molecule has 0 aliphatic heterocycles. The third-order valence-corrected chi connectivity index (χ3v) is 3.33. The molecule has 1 atom stereocenters. The number of nitro benzene ring substituents is 1. The Bertz CT molecular complexity index is 685. The predicted octanol–water partition coefficient (Wildman–Crippen LogP) is 4.40. The van der Waals surface area contributed by atoms with Gasteiger partial charge in [-0.25, -0.2) is 0 Å². The molecule has 21 heavy (non-hydrogen) atoms. The molecule has 2 rings (SSSR count). The van der Waals surface area contributed by atoms with Crippen molar-refractivity contribution in [2.45, 2.75) is 20.0 Å². The number of nitro groups is 1. The summed E-state index contributed by atoms with van der Waals surface area (Å²) in [6.45, 7) is 3.29. The van der Waals surface area contributed by atoms with Crippen LogP contribution in [0.15, 0.2) is 36.4 Å². The van der Waals surface area contributed by atoms with Gasteiger partial charge in [0.2, 0.25) is 0 Å². The average Bonchev–Trinajstić information content (AvgIpc) is 2.40. The summed E-state index contributed by atoms with van der Waals surface area (Å²) in [5.74, 6) is 0.888. The molecule has 0 fully saturated rings. The maximum Gasteiger partial charge on any atom is 0.272 e. The van der Waals surface area contributed by atoms with Crippen molar-refractivity contribution in [3.63, 3.8) is 0 Å². The first-order valence-electron chi connectivity index (χ1n) is 6.29. The van der Waals surface area contributed by atoms with Crippen LogP contribution in [0.25, 0.3) is 0 Å². The van der Waals surface area contributed by atoms with Crippen LogP contribution in [-0.4, -0.2) is 10.0 Å². The molecule has 0 amide bonds. The summed E-state index contributed by atoms with van der Waals surface area (Å²) in [4.78, 5) is 10.3. The number of hydrogen-bond donors (Lipinski definition) is 1. The van der Waals surface area contributed by atoms with Gasteiger partial charge in [-0.2, -0.15) is 0 Å².